The van der Waals surface area contributed by atoms with Crippen molar-refractivity contribution in [3.05, 3.63) is 33.5 Å². The Morgan fingerprint density at radius 2 is 2.20 bits per heavy atom. The summed E-state index contributed by atoms with van der Waals surface area (Å²) in [4.78, 5) is 27.0. The maximum Gasteiger partial charge on any atom is 0.355 e. The monoisotopic (exact) mass is 406 g/mol. The van der Waals surface area contributed by atoms with E-state index in [2.05, 4.69) is 10.1 Å². The van der Waals surface area contributed by atoms with Gasteiger partial charge in [0.15, 0.2) is 4.34 Å². The maximum absolute atomic E-state index is 12.9. The summed E-state index contributed by atoms with van der Waals surface area (Å²) in [6.45, 7) is -1.72. The average Bonchev–Trinajstić information content (AvgIpc) is 3.04. The number of aliphatic carboxylic acids is 1. The molecule has 0 aliphatic carbocycles. The van der Waals surface area contributed by atoms with E-state index in [0.29, 0.717) is 14.6 Å². The number of aromatic nitrogens is 4. The summed E-state index contributed by atoms with van der Waals surface area (Å²) >= 11 is 8.47. The number of carboxylic acid groups (broad SMARTS) is 1. The van der Waals surface area contributed by atoms with Crippen molar-refractivity contribution < 1.29 is 18.7 Å². The van der Waals surface area contributed by atoms with Crippen LogP contribution in [-0.2, 0) is 4.79 Å². The lowest BCUT2D eigenvalue weighted by molar-refractivity contribution is -0.133. The molecule has 12 heteroatoms. The van der Waals surface area contributed by atoms with E-state index in [1.807, 2.05) is 0 Å². The van der Waals surface area contributed by atoms with Crippen LogP contribution in [0.2, 0.25) is 5.02 Å². The normalized spacial score (nSPS) is 11.6. The van der Waals surface area contributed by atoms with Gasteiger partial charge < -0.3 is 5.11 Å². The van der Waals surface area contributed by atoms with Crippen molar-refractivity contribution in [1.82, 2.24) is 19.3 Å². The number of aryl methyl sites for hydroxylation is 1. The molecule has 0 radical (unpaired) electrons. The van der Waals surface area contributed by atoms with E-state index in [0.717, 1.165) is 16.4 Å². The van der Waals surface area contributed by atoms with Crippen molar-refractivity contribution in [2.24, 2.45) is 0 Å². The molecule has 0 spiro atoms. The van der Waals surface area contributed by atoms with E-state index >= 15 is 0 Å². The Hall–Kier alpha value is -1.98. The van der Waals surface area contributed by atoms with Crippen molar-refractivity contribution in [3.8, 4) is 5.69 Å². The smallest absolute Gasteiger partial charge is 0.355 e. The highest BCUT2D eigenvalue weighted by molar-refractivity contribution is 8.01. The summed E-state index contributed by atoms with van der Waals surface area (Å²) < 4.78 is 28.1. The largest absolute Gasteiger partial charge is 0.481 e. The van der Waals surface area contributed by atoms with E-state index in [1.54, 1.807) is 0 Å². The molecule has 0 saturated carbocycles. The third kappa shape index (κ3) is 3.39. The summed E-state index contributed by atoms with van der Waals surface area (Å²) in [5.41, 5.74) is -0.417. The van der Waals surface area contributed by atoms with Crippen LogP contribution in [0.5, 0.6) is 0 Å². The van der Waals surface area contributed by atoms with Crippen molar-refractivity contribution in [2.75, 3.05) is 5.75 Å². The van der Waals surface area contributed by atoms with Crippen LogP contribution in [0.1, 0.15) is 12.4 Å². The quantitative estimate of drug-likeness (QED) is 0.654. The zero-order valence-corrected chi connectivity index (χ0v) is 14.8. The first-order chi connectivity index (χ1) is 11.8. The van der Waals surface area contributed by atoms with Gasteiger partial charge in [0.2, 0.25) is 0 Å². The summed E-state index contributed by atoms with van der Waals surface area (Å²) in [5.74, 6) is -1.26. The van der Waals surface area contributed by atoms with Crippen LogP contribution < -0.4 is 5.69 Å². The fourth-order valence-corrected chi connectivity index (χ4v) is 4.24. The van der Waals surface area contributed by atoms with Crippen LogP contribution in [0.25, 0.3) is 15.9 Å². The molecule has 2 aromatic heterocycles. The minimum Gasteiger partial charge on any atom is -0.481 e. The number of fused-ring (bicyclic) bond motifs is 1. The van der Waals surface area contributed by atoms with Gasteiger partial charge in [0.25, 0.3) is 0 Å². The summed E-state index contributed by atoms with van der Waals surface area (Å²) in [6.07, 6.45) is 0. The molecule has 132 valence electrons. The van der Waals surface area contributed by atoms with Crippen molar-refractivity contribution >= 4 is 50.9 Å². The van der Waals surface area contributed by atoms with Gasteiger partial charge in [0.05, 0.1) is 26.7 Å². The molecule has 0 saturated heterocycles. The van der Waals surface area contributed by atoms with Gasteiger partial charge in [-0.25, -0.2) is 14.3 Å². The zero-order valence-electron chi connectivity index (χ0n) is 12.4. The van der Waals surface area contributed by atoms with E-state index in [-0.39, 0.29) is 26.9 Å². The van der Waals surface area contributed by atoms with Gasteiger partial charge in [0.1, 0.15) is 5.82 Å². The number of halogens is 3. The second-order valence-corrected chi connectivity index (χ2v) is 7.48. The van der Waals surface area contributed by atoms with Gasteiger partial charge in [-0.2, -0.15) is 13.5 Å². The minimum atomic E-state index is -3.01. The van der Waals surface area contributed by atoms with Crippen LogP contribution >= 0.6 is 34.7 Å². The van der Waals surface area contributed by atoms with Gasteiger partial charge in [-0.1, -0.05) is 23.4 Å². The van der Waals surface area contributed by atoms with Crippen molar-refractivity contribution in [2.45, 2.75) is 17.8 Å². The van der Waals surface area contributed by atoms with Crippen LogP contribution in [-0.4, -0.2) is 36.2 Å². The van der Waals surface area contributed by atoms with E-state index < -0.39 is 18.2 Å². The first-order valence-electron chi connectivity index (χ1n) is 6.69. The standard InChI is InChI=1S/C13H9ClF2N4O3S2/c1-5-18-20(13(23)19(5)11(15)16)8-3-7-9(2-6(8)14)25-12(17-7)24-4-10(21)22/h2-3,11H,4H2,1H3,(H,21,22). The fraction of sp³-hybridized carbons (Fsp3) is 0.231. The lowest BCUT2D eigenvalue weighted by atomic mass is 10.3. The number of carboxylic acids is 1. The minimum absolute atomic E-state index is 0.127. The Labute approximate surface area is 151 Å². The summed E-state index contributed by atoms with van der Waals surface area (Å²) in [6, 6.07) is 3.00. The fourth-order valence-electron chi connectivity index (χ4n) is 2.12. The first kappa shape index (κ1) is 17.8. The molecule has 2 heterocycles. The number of hydrogen-bond donors (Lipinski definition) is 1. The third-order valence-electron chi connectivity index (χ3n) is 3.16. The molecule has 3 aromatic rings. The molecule has 25 heavy (non-hydrogen) atoms. The number of nitrogens with zero attached hydrogens (tertiary/aromatic N) is 4. The SMILES string of the molecule is Cc1nn(-c2cc3nc(SCC(=O)O)sc3cc2Cl)c(=O)n1C(F)F. The van der Waals surface area contributed by atoms with Gasteiger partial charge in [-0.3, -0.25) is 4.79 Å². The molecule has 0 bridgehead atoms. The number of benzene rings is 1. The second-order valence-electron chi connectivity index (χ2n) is 4.82. The van der Waals surface area contributed by atoms with E-state index in [4.69, 9.17) is 16.7 Å². The molecule has 0 unspecified atom stereocenters. The molecule has 0 amide bonds. The summed E-state index contributed by atoms with van der Waals surface area (Å²) in [7, 11) is 0. The van der Waals surface area contributed by atoms with Crippen LogP contribution in [0.4, 0.5) is 8.78 Å². The van der Waals surface area contributed by atoms with Crippen molar-refractivity contribution in [1.29, 1.82) is 0 Å². The van der Waals surface area contributed by atoms with Gasteiger partial charge >= 0.3 is 18.2 Å². The van der Waals surface area contributed by atoms with Crippen molar-refractivity contribution in [3.63, 3.8) is 0 Å². The molecule has 0 fully saturated rings. The molecule has 3 rings (SSSR count). The Balaban J connectivity index is 2.08. The highest BCUT2D eigenvalue weighted by atomic mass is 35.5. The first-order valence-corrected chi connectivity index (χ1v) is 8.87. The third-order valence-corrected chi connectivity index (χ3v) is 5.61. The number of thiazole rings is 1. The number of carbonyl (C=O) groups is 1. The molecular formula is C13H9ClF2N4O3S2. The number of rotatable bonds is 5. The molecule has 1 aromatic carbocycles. The number of alkyl halides is 2. The predicted molar refractivity (Wildman–Crippen MR) is 90.4 cm³/mol. The molecule has 0 aliphatic rings. The van der Waals surface area contributed by atoms with E-state index in [1.165, 1.54) is 30.4 Å². The zero-order chi connectivity index (χ0) is 18.3. The highest BCUT2D eigenvalue weighted by Crippen LogP contribution is 2.33. The lowest BCUT2D eigenvalue weighted by Crippen LogP contribution is -2.24. The summed E-state index contributed by atoms with van der Waals surface area (Å²) in [5, 5.41) is 12.7. The highest BCUT2D eigenvalue weighted by Gasteiger charge is 2.20. The van der Waals surface area contributed by atoms with Crippen LogP contribution in [0.15, 0.2) is 21.3 Å². The van der Waals surface area contributed by atoms with Gasteiger partial charge in [-0.15, -0.1) is 16.4 Å². The van der Waals surface area contributed by atoms with Crippen LogP contribution in [0, 0.1) is 6.92 Å². The molecule has 0 aliphatic heterocycles. The van der Waals surface area contributed by atoms with Gasteiger partial charge in [-0.05, 0) is 19.1 Å². The Kier molecular flexibility index (Phi) is 4.80. The Morgan fingerprint density at radius 1 is 1.48 bits per heavy atom. The molecular weight excluding hydrogens is 398 g/mol. The molecule has 0 atom stereocenters. The van der Waals surface area contributed by atoms with Crippen LogP contribution in [0.3, 0.4) is 0 Å². The van der Waals surface area contributed by atoms with Gasteiger partial charge in [0, 0.05) is 0 Å². The average molecular weight is 407 g/mol. The molecule has 7 nitrogen and oxygen atoms in total. The molecule has 1 N–H and O–H groups in total. The maximum atomic E-state index is 12.9. The number of hydrogen-bond acceptors (Lipinski definition) is 6. The van der Waals surface area contributed by atoms with E-state index in [9.17, 15) is 18.4 Å². The Bertz CT molecular complexity index is 1030. The topological polar surface area (TPSA) is 90.0 Å². The predicted octanol–water partition coefficient (Wildman–Crippen LogP) is 3.18. The second kappa shape index (κ2) is 6.73. The Morgan fingerprint density at radius 3 is 2.80 bits per heavy atom. The lowest BCUT2D eigenvalue weighted by Gasteiger charge is -2.02. The number of thioether (sulfide) groups is 1.